The number of carbonyl (C=O) groups excluding carboxylic acids is 2. The highest BCUT2D eigenvalue weighted by atomic mass is 19.1. The zero-order chi connectivity index (χ0) is 19.9. The number of piperidine rings is 1. The summed E-state index contributed by atoms with van der Waals surface area (Å²) in [5.74, 6) is -0.872. The van der Waals surface area contributed by atoms with Crippen molar-refractivity contribution in [3.05, 3.63) is 59.4 Å². The number of hydrogen-bond acceptors (Lipinski definition) is 3. The second-order valence-electron chi connectivity index (χ2n) is 7.00. The minimum Gasteiger partial charge on any atom is -0.371 e. The van der Waals surface area contributed by atoms with Crippen molar-refractivity contribution in [3.63, 3.8) is 0 Å². The third-order valence-corrected chi connectivity index (χ3v) is 4.84. The first-order valence-corrected chi connectivity index (χ1v) is 9.82. The number of hydrogen-bond donors (Lipinski definition) is 2. The Bertz CT molecular complexity index is 830. The fraction of sp³-hybridized carbons (Fsp3) is 0.364. The van der Waals surface area contributed by atoms with Gasteiger partial charge in [0.1, 0.15) is 5.82 Å². The van der Waals surface area contributed by atoms with Crippen molar-refractivity contribution in [3.8, 4) is 0 Å². The van der Waals surface area contributed by atoms with Crippen molar-refractivity contribution < 1.29 is 14.0 Å². The summed E-state index contributed by atoms with van der Waals surface area (Å²) in [6.07, 6.45) is 4.28. The highest BCUT2D eigenvalue weighted by molar-refractivity contribution is 6.06. The lowest BCUT2D eigenvalue weighted by atomic mass is 10.1. The third kappa shape index (κ3) is 4.88. The highest BCUT2D eigenvalue weighted by Crippen LogP contribution is 2.27. The molecule has 0 aliphatic carbocycles. The first-order chi connectivity index (χ1) is 13.6. The topological polar surface area (TPSA) is 61.4 Å². The normalized spacial score (nSPS) is 13.9. The summed E-state index contributed by atoms with van der Waals surface area (Å²) in [5, 5.41) is 5.73. The van der Waals surface area contributed by atoms with Gasteiger partial charge in [-0.2, -0.15) is 0 Å². The molecule has 0 unspecified atom stereocenters. The van der Waals surface area contributed by atoms with Gasteiger partial charge >= 0.3 is 0 Å². The monoisotopic (exact) mass is 383 g/mol. The molecule has 1 heterocycles. The number of anilines is 2. The molecule has 2 N–H and O–H groups in total. The van der Waals surface area contributed by atoms with E-state index in [0.29, 0.717) is 23.4 Å². The Morgan fingerprint density at radius 2 is 1.71 bits per heavy atom. The van der Waals surface area contributed by atoms with Crippen LogP contribution in [0.4, 0.5) is 15.8 Å². The van der Waals surface area contributed by atoms with Crippen LogP contribution in [-0.2, 0) is 0 Å². The lowest BCUT2D eigenvalue weighted by Crippen LogP contribution is -2.33. The number of carbonyl (C=O) groups is 2. The van der Waals surface area contributed by atoms with Gasteiger partial charge in [-0.25, -0.2) is 4.39 Å². The summed E-state index contributed by atoms with van der Waals surface area (Å²) >= 11 is 0. The van der Waals surface area contributed by atoms with E-state index in [1.165, 1.54) is 30.7 Å². The van der Waals surface area contributed by atoms with Crippen LogP contribution in [-0.4, -0.2) is 31.4 Å². The molecular formula is C22H26FN3O2. The highest BCUT2D eigenvalue weighted by Gasteiger charge is 2.19. The minimum atomic E-state index is -0.391. The quantitative estimate of drug-likeness (QED) is 0.786. The van der Waals surface area contributed by atoms with Gasteiger partial charge in [-0.15, -0.1) is 0 Å². The van der Waals surface area contributed by atoms with E-state index < -0.39 is 5.82 Å². The van der Waals surface area contributed by atoms with Crippen molar-refractivity contribution in [2.75, 3.05) is 29.9 Å². The molecule has 0 atom stereocenters. The third-order valence-electron chi connectivity index (χ3n) is 4.84. The Labute approximate surface area is 164 Å². The first-order valence-electron chi connectivity index (χ1n) is 9.82. The average molecular weight is 383 g/mol. The summed E-state index contributed by atoms with van der Waals surface area (Å²) in [4.78, 5) is 27.4. The van der Waals surface area contributed by atoms with Gasteiger partial charge < -0.3 is 15.5 Å². The van der Waals surface area contributed by atoms with E-state index in [1.54, 1.807) is 6.07 Å². The van der Waals surface area contributed by atoms with E-state index in [9.17, 15) is 14.0 Å². The van der Waals surface area contributed by atoms with Crippen LogP contribution in [0.5, 0.6) is 0 Å². The lowest BCUT2D eigenvalue weighted by Gasteiger charge is -2.30. The first kappa shape index (κ1) is 19.9. The largest absolute Gasteiger partial charge is 0.371 e. The van der Waals surface area contributed by atoms with Gasteiger partial charge in [0.25, 0.3) is 11.8 Å². The van der Waals surface area contributed by atoms with Crippen LogP contribution in [0.2, 0.25) is 0 Å². The second-order valence-corrected chi connectivity index (χ2v) is 7.00. The van der Waals surface area contributed by atoms with Crippen LogP contribution in [0, 0.1) is 5.82 Å². The van der Waals surface area contributed by atoms with Crippen molar-refractivity contribution >= 4 is 23.2 Å². The molecule has 28 heavy (non-hydrogen) atoms. The maximum absolute atomic E-state index is 13.1. The van der Waals surface area contributed by atoms with Crippen LogP contribution >= 0.6 is 0 Å². The van der Waals surface area contributed by atoms with E-state index in [1.807, 2.05) is 19.1 Å². The molecule has 6 heteroatoms. The smallest absolute Gasteiger partial charge is 0.255 e. The number of benzene rings is 2. The number of nitrogens with one attached hydrogen (secondary N) is 2. The van der Waals surface area contributed by atoms with Crippen LogP contribution in [0.3, 0.4) is 0 Å². The zero-order valence-electron chi connectivity index (χ0n) is 16.1. The molecule has 1 saturated heterocycles. The Balaban J connectivity index is 1.84. The molecule has 1 aliphatic rings. The minimum absolute atomic E-state index is 0.139. The Morgan fingerprint density at radius 3 is 2.39 bits per heavy atom. The summed E-state index contributed by atoms with van der Waals surface area (Å²) in [6, 6.07) is 10.8. The maximum Gasteiger partial charge on any atom is 0.255 e. The van der Waals surface area contributed by atoms with Crippen molar-refractivity contribution in [1.29, 1.82) is 0 Å². The Kier molecular flexibility index (Phi) is 6.63. The van der Waals surface area contributed by atoms with Crippen LogP contribution in [0.1, 0.15) is 53.3 Å². The van der Waals surface area contributed by atoms with Crippen LogP contribution < -0.4 is 15.5 Å². The molecule has 2 aromatic rings. The standard InChI is InChI=1S/C22H26FN3O2/c1-2-12-24-22(28)19-15-18(10-11-20(19)26-13-4-3-5-14-26)25-21(27)16-6-8-17(23)9-7-16/h6-11,15H,2-5,12-14H2,1H3,(H,24,28)(H,25,27). The number of amides is 2. The van der Waals surface area contributed by atoms with E-state index in [-0.39, 0.29) is 11.8 Å². The molecule has 1 aliphatic heterocycles. The number of halogens is 1. The van der Waals surface area contributed by atoms with E-state index in [2.05, 4.69) is 15.5 Å². The van der Waals surface area contributed by atoms with Gasteiger partial charge in [-0.1, -0.05) is 6.92 Å². The fourth-order valence-electron chi connectivity index (χ4n) is 3.34. The Morgan fingerprint density at radius 1 is 1.00 bits per heavy atom. The van der Waals surface area contributed by atoms with Gasteiger partial charge in [0.15, 0.2) is 0 Å². The van der Waals surface area contributed by atoms with Gasteiger partial charge in [0.05, 0.1) is 5.56 Å². The molecule has 2 aromatic carbocycles. The summed E-state index contributed by atoms with van der Waals surface area (Å²) < 4.78 is 13.1. The van der Waals surface area contributed by atoms with Gasteiger partial charge in [0, 0.05) is 36.6 Å². The van der Waals surface area contributed by atoms with Gasteiger partial charge in [0.2, 0.25) is 0 Å². The predicted octanol–water partition coefficient (Wildman–Crippen LogP) is 4.21. The average Bonchev–Trinajstić information content (AvgIpc) is 2.73. The van der Waals surface area contributed by atoms with Crippen LogP contribution in [0.25, 0.3) is 0 Å². The maximum atomic E-state index is 13.1. The van der Waals surface area contributed by atoms with E-state index in [0.717, 1.165) is 38.0 Å². The van der Waals surface area contributed by atoms with Crippen molar-refractivity contribution in [1.82, 2.24) is 5.32 Å². The van der Waals surface area contributed by atoms with Gasteiger partial charge in [-0.05, 0) is 68.1 Å². The molecule has 3 rings (SSSR count). The van der Waals surface area contributed by atoms with Crippen molar-refractivity contribution in [2.45, 2.75) is 32.6 Å². The number of nitrogens with zero attached hydrogens (tertiary/aromatic N) is 1. The second kappa shape index (κ2) is 9.35. The van der Waals surface area contributed by atoms with Gasteiger partial charge in [-0.3, -0.25) is 9.59 Å². The number of rotatable bonds is 6. The van der Waals surface area contributed by atoms with E-state index in [4.69, 9.17) is 0 Å². The molecule has 0 aromatic heterocycles. The molecule has 2 amide bonds. The van der Waals surface area contributed by atoms with Crippen LogP contribution in [0.15, 0.2) is 42.5 Å². The molecule has 148 valence electrons. The molecule has 0 radical (unpaired) electrons. The molecule has 0 spiro atoms. The van der Waals surface area contributed by atoms with Crippen molar-refractivity contribution in [2.24, 2.45) is 0 Å². The lowest BCUT2D eigenvalue weighted by molar-refractivity contribution is 0.0952. The molecule has 0 bridgehead atoms. The molecular weight excluding hydrogens is 357 g/mol. The molecule has 0 saturated carbocycles. The molecule has 1 fully saturated rings. The van der Waals surface area contributed by atoms with E-state index >= 15 is 0 Å². The predicted molar refractivity (Wildman–Crippen MR) is 109 cm³/mol. The summed E-state index contributed by atoms with van der Waals surface area (Å²) in [6.45, 7) is 4.46. The summed E-state index contributed by atoms with van der Waals surface area (Å²) in [7, 11) is 0. The summed E-state index contributed by atoms with van der Waals surface area (Å²) in [5.41, 5.74) is 2.36. The molecule has 5 nitrogen and oxygen atoms in total. The zero-order valence-corrected chi connectivity index (χ0v) is 16.1. The Hall–Kier alpha value is -2.89. The fourth-order valence-corrected chi connectivity index (χ4v) is 3.34. The SMILES string of the molecule is CCCNC(=O)c1cc(NC(=O)c2ccc(F)cc2)ccc1N1CCCCC1.